The summed E-state index contributed by atoms with van der Waals surface area (Å²) < 4.78 is 56.1. The summed E-state index contributed by atoms with van der Waals surface area (Å²) in [5.41, 5.74) is -0.616. The summed E-state index contributed by atoms with van der Waals surface area (Å²) in [5.74, 6) is -1.31. The second kappa shape index (κ2) is 3.93. The lowest BCUT2D eigenvalue weighted by atomic mass is 10.3. The fourth-order valence-electron chi connectivity index (χ4n) is 1.37. The van der Waals surface area contributed by atoms with Gasteiger partial charge in [0.2, 0.25) is 0 Å². The van der Waals surface area contributed by atoms with E-state index in [2.05, 4.69) is 4.98 Å². The predicted molar refractivity (Wildman–Crippen MR) is 58.2 cm³/mol. The number of nitrogens with zero attached hydrogens (tertiary/aromatic N) is 2. The van der Waals surface area contributed by atoms with Crippen molar-refractivity contribution in [1.82, 2.24) is 9.97 Å². The summed E-state index contributed by atoms with van der Waals surface area (Å²) >= 11 is 0. The first-order valence-corrected chi connectivity index (χ1v) is 6.06. The molecule has 19 heavy (non-hydrogen) atoms. The molecule has 0 saturated carbocycles. The van der Waals surface area contributed by atoms with E-state index in [0.717, 1.165) is 18.2 Å². The third-order valence-corrected chi connectivity index (χ3v) is 3.12. The van der Waals surface area contributed by atoms with Crippen molar-refractivity contribution in [2.45, 2.75) is 5.25 Å². The topological polar surface area (TPSA) is 126 Å². The molecule has 0 unspecified atom stereocenters. The lowest BCUT2D eigenvalue weighted by molar-refractivity contribution is -0.384. The summed E-state index contributed by atoms with van der Waals surface area (Å²) in [6.07, 6.45) is 0. The fourth-order valence-corrected chi connectivity index (χ4v) is 1.71. The quantitative estimate of drug-likeness (QED) is 0.500. The molecule has 0 aliphatic heterocycles. The van der Waals surface area contributed by atoms with Gasteiger partial charge in [-0.3, -0.25) is 14.7 Å². The number of fused-ring (bicyclic) bond motifs is 1. The number of nitro groups is 1. The van der Waals surface area contributed by atoms with E-state index >= 15 is 0 Å². The lowest BCUT2D eigenvalue weighted by Gasteiger charge is -2.08. The zero-order valence-corrected chi connectivity index (χ0v) is 9.69. The highest BCUT2D eigenvalue weighted by Gasteiger charge is 2.49. The molecule has 0 aliphatic carbocycles. The van der Waals surface area contributed by atoms with Gasteiger partial charge in [0.25, 0.3) is 5.69 Å². The summed E-state index contributed by atoms with van der Waals surface area (Å²) in [6.45, 7) is 0. The van der Waals surface area contributed by atoms with Crippen molar-refractivity contribution in [3.8, 4) is 0 Å². The maximum absolute atomic E-state index is 13.3. The van der Waals surface area contributed by atoms with E-state index in [-0.39, 0.29) is 16.7 Å². The first kappa shape index (κ1) is 13.3. The lowest BCUT2D eigenvalue weighted by Crippen LogP contribution is -2.26. The van der Waals surface area contributed by atoms with Gasteiger partial charge in [-0.25, -0.2) is 4.98 Å². The molecule has 0 bridgehead atoms. The van der Waals surface area contributed by atoms with Gasteiger partial charge in [-0.05, 0) is 6.07 Å². The van der Waals surface area contributed by atoms with Crippen LogP contribution in [0.2, 0.25) is 0 Å². The van der Waals surface area contributed by atoms with Crippen LogP contribution in [0.25, 0.3) is 11.0 Å². The van der Waals surface area contributed by atoms with Gasteiger partial charge >= 0.3 is 15.4 Å². The van der Waals surface area contributed by atoms with E-state index in [1.54, 1.807) is 0 Å². The number of imidazole rings is 1. The number of benzene rings is 1. The van der Waals surface area contributed by atoms with Crippen LogP contribution < -0.4 is 0 Å². The van der Waals surface area contributed by atoms with Crippen LogP contribution in [0.4, 0.5) is 14.5 Å². The Hall–Kier alpha value is -2.14. The Bertz CT molecular complexity index is 770. The summed E-state index contributed by atoms with van der Waals surface area (Å²) in [7, 11) is -5.69. The van der Waals surface area contributed by atoms with E-state index in [1.165, 1.54) is 0 Å². The number of aromatic amines is 1. The second-order valence-corrected chi connectivity index (χ2v) is 5.00. The molecule has 102 valence electrons. The molecular weight excluding hydrogens is 288 g/mol. The molecule has 0 atom stereocenters. The van der Waals surface area contributed by atoms with Gasteiger partial charge in [-0.15, -0.1) is 0 Å². The standard InChI is InChI=1S/C8H5F2N3O5S/c9-8(10,19(16,17)18)7-11-5-2-1-4(13(14)15)3-6(5)12-7/h1-3H,(H,11,12)(H,16,17,18). The highest BCUT2D eigenvalue weighted by molar-refractivity contribution is 7.86. The molecular formula is C8H5F2N3O5S. The van der Waals surface area contributed by atoms with Crippen molar-refractivity contribution in [3.05, 3.63) is 34.1 Å². The molecule has 11 heteroatoms. The van der Waals surface area contributed by atoms with E-state index in [9.17, 15) is 27.3 Å². The number of alkyl halides is 2. The minimum atomic E-state index is -5.69. The van der Waals surface area contributed by atoms with Crippen molar-refractivity contribution >= 4 is 26.8 Å². The van der Waals surface area contributed by atoms with Crippen molar-refractivity contribution < 1.29 is 26.7 Å². The zero-order chi connectivity index (χ0) is 14.4. The Morgan fingerprint density at radius 3 is 2.58 bits per heavy atom. The molecule has 2 N–H and O–H groups in total. The van der Waals surface area contributed by atoms with E-state index in [1.807, 2.05) is 4.98 Å². The van der Waals surface area contributed by atoms with E-state index in [0.29, 0.717) is 0 Å². The normalized spacial score (nSPS) is 12.8. The van der Waals surface area contributed by atoms with Gasteiger partial charge in [-0.2, -0.15) is 17.2 Å². The van der Waals surface area contributed by atoms with Crippen LogP contribution in [0.1, 0.15) is 5.82 Å². The van der Waals surface area contributed by atoms with Gasteiger partial charge < -0.3 is 4.98 Å². The molecule has 1 heterocycles. The van der Waals surface area contributed by atoms with Crippen LogP contribution in [0, 0.1) is 10.1 Å². The second-order valence-electron chi connectivity index (χ2n) is 3.54. The number of aromatic nitrogens is 2. The Labute approximate surface area is 104 Å². The predicted octanol–water partition coefficient (Wildman–Crippen LogP) is 1.41. The summed E-state index contributed by atoms with van der Waals surface area (Å²) in [5, 5.41) is 5.87. The maximum atomic E-state index is 13.3. The number of hydrogen-bond donors (Lipinski definition) is 2. The molecule has 1 aromatic heterocycles. The average molecular weight is 293 g/mol. The fraction of sp³-hybridized carbons (Fsp3) is 0.125. The number of rotatable bonds is 3. The largest absolute Gasteiger partial charge is 0.426 e. The number of H-pyrrole nitrogens is 1. The molecule has 0 aliphatic rings. The van der Waals surface area contributed by atoms with Crippen LogP contribution in [0.3, 0.4) is 0 Å². The molecule has 2 rings (SSSR count). The number of hydrogen-bond acceptors (Lipinski definition) is 5. The van der Waals surface area contributed by atoms with Crippen LogP contribution >= 0.6 is 0 Å². The minimum Gasteiger partial charge on any atom is -0.336 e. The van der Waals surface area contributed by atoms with Gasteiger partial charge in [0.15, 0.2) is 5.82 Å². The average Bonchev–Trinajstić information content (AvgIpc) is 2.70. The Morgan fingerprint density at radius 2 is 2.05 bits per heavy atom. The van der Waals surface area contributed by atoms with Gasteiger partial charge in [-0.1, -0.05) is 0 Å². The van der Waals surface area contributed by atoms with E-state index in [4.69, 9.17) is 4.55 Å². The summed E-state index contributed by atoms with van der Waals surface area (Å²) in [4.78, 5) is 15.0. The Morgan fingerprint density at radius 1 is 1.42 bits per heavy atom. The van der Waals surface area contributed by atoms with Crippen molar-refractivity contribution in [2.75, 3.05) is 0 Å². The molecule has 2 aromatic rings. The van der Waals surface area contributed by atoms with Crippen molar-refractivity contribution in [3.63, 3.8) is 0 Å². The van der Waals surface area contributed by atoms with Crippen molar-refractivity contribution in [2.24, 2.45) is 0 Å². The number of nitro benzene ring substituents is 1. The third kappa shape index (κ3) is 2.13. The highest BCUT2D eigenvalue weighted by atomic mass is 32.2. The third-order valence-electron chi connectivity index (χ3n) is 2.28. The number of non-ortho nitro benzene ring substituents is 1. The van der Waals surface area contributed by atoms with Crippen molar-refractivity contribution in [1.29, 1.82) is 0 Å². The minimum absolute atomic E-state index is 0.0936. The SMILES string of the molecule is O=[N+]([O-])c1ccc2nc(C(F)(F)S(=O)(=O)O)[nH]c2c1. The molecule has 0 spiro atoms. The number of nitrogens with one attached hydrogen (secondary N) is 1. The first-order valence-electron chi connectivity index (χ1n) is 4.62. The number of halogens is 2. The zero-order valence-electron chi connectivity index (χ0n) is 8.87. The first-order chi connectivity index (χ1) is 8.63. The van der Waals surface area contributed by atoms with Crippen LogP contribution in [-0.4, -0.2) is 27.9 Å². The molecule has 8 nitrogen and oxygen atoms in total. The summed E-state index contributed by atoms with van der Waals surface area (Å²) in [6, 6.07) is 3.03. The van der Waals surface area contributed by atoms with Crippen LogP contribution in [-0.2, 0) is 15.4 Å². The monoisotopic (exact) mass is 293 g/mol. The molecule has 0 radical (unpaired) electrons. The maximum Gasteiger partial charge on any atom is 0.426 e. The van der Waals surface area contributed by atoms with Crippen LogP contribution in [0.15, 0.2) is 18.2 Å². The van der Waals surface area contributed by atoms with Gasteiger partial charge in [0.1, 0.15) is 0 Å². The molecule has 0 fully saturated rings. The smallest absolute Gasteiger partial charge is 0.336 e. The van der Waals surface area contributed by atoms with Gasteiger partial charge in [0, 0.05) is 12.1 Å². The Balaban J connectivity index is 2.63. The molecule has 0 amide bonds. The molecule has 1 aromatic carbocycles. The highest BCUT2D eigenvalue weighted by Crippen LogP contribution is 2.32. The van der Waals surface area contributed by atoms with Crippen LogP contribution in [0.5, 0.6) is 0 Å². The molecule has 0 saturated heterocycles. The van der Waals surface area contributed by atoms with Gasteiger partial charge in [0.05, 0.1) is 16.0 Å². The Kier molecular flexibility index (Phi) is 2.75. The van der Waals surface area contributed by atoms with E-state index < -0.39 is 26.1 Å².